The van der Waals surface area contributed by atoms with Gasteiger partial charge in [-0.25, -0.2) is 4.99 Å². The zero-order valence-electron chi connectivity index (χ0n) is 12.2. The highest BCUT2D eigenvalue weighted by atomic mass is 16.5. The summed E-state index contributed by atoms with van der Waals surface area (Å²) in [5.74, 6) is 1.48. The summed E-state index contributed by atoms with van der Waals surface area (Å²) in [6.07, 6.45) is 3.50. The van der Waals surface area contributed by atoms with Gasteiger partial charge in [-0.05, 0) is 25.1 Å². The molecular weight excluding hydrogens is 272 g/mol. The van der Waals surface area contributed by atoms with Gasteiger partial charge in [-0.2, -0.15) is 0 Å². The molecule has 3 aromatic rings. The number of aryl methyl sites for hydroxylation is 1. The SMILES string of the molecule is Cc1ccc(C2=Nc3ccccc3Oc3cnccc32)cc1. The van der Waals surface area contributed by atoms with Crippen molar-refractivity contribution in [2.24, 2.45) is 4.99 Å². The number of hydrogen-bond donors (Lipinski definition) is 0. The van der Waals surface area contributed by atoms with Gasteiger partial charge in [0.05, 0.1) is 11.9 Å². The summed E-state index contributed by atoms with van der Waals surface area (Å²) >= 11 is 0. The fraction of sp³-hybridized carbons (Fsp3) is 0.0526. The average Bonchev–Trinajstić information content (AvgIpc) is 2.72. The molecule has 0 aliphatic carbocycles. The van der Waals surface area contributed by atoms with Crippen LogP contribution in [0.1, 0.15) is 16.7 Å². The number of benzene rings is 2. The summed E-state index contributed by atoms with van der Waals surface area (Å²) in [5.41, 5.74) is 4.98. The van der Waals surface area contributed by atoms with Gasteiger partial charge in [0, 0.05) is 17.3 Å². The Labute approximate surface area is 128 Å². The Bertz CT molecular complexity index is 867. The average molecular weight is 286 g/mol. The molecule has 2 heterocycles. The van der Waals surface area contributed by atoms with E-state index >= 15 is 0 Å². The van der Waals surface area contributed by atoms with Crippen molar-refractivity contribution >= 4 is 11.4 Å². The lowest BCUT2D eigenvalue weighted by atomic mass is 10.0. The van der Waals surface area contributed by atoms with E-state index in [1.54, 1.807) is 12.4 Å². The number of ether oxygens (including phenoxy) is 1. The van der Waals surface area contributed by atoms with Gasteiger partial charge in [-0.15, -0.1) is 0 Å². The van der Waals surface area contributed by atoms with Gasteiger partial charge in [0.25, 0.3) is 0 Å². The van der Waals surface area contributed by atoms with E-state index in [-0.39, 0.29) is 0 Å². The van der Waals surface area contributed by atoms with E-state index in [1.807, 2.05) is 30.3 Å². The van der Waals surface area contributed by atoms with E-state index in [0.717, 1.165) is 34.0 Å². The van der Waals surface area contributed by atoms with Crippen molar-refractivity contribution in [1.82, 2.24) is 4.98 Å². The van der Waals surface area contributed by atoms with E-state index in [0.29, 0.717) is 0 Å². The minimum Gasteiger partial charge on any atom is -0.453 e. The largest absolute Gasteiger partial charge is 0.453 e. The van der Waals surface area contributed by atoms with Crippen LogP contribution in [-0.2, 0) is 0 Å². The van der Waals surface area contributed by atoms with Crippen LogP contribution in [0.5, 0.6) is 11.5 Å². The van der Waals surface area contributed by atoms with Gasteiger partial charge in [-0.1, -0.05) is 42.0 Å². The fourth-order valence-electron chi connectivity index (χ4n) is 2.52. The Hall–Kier alpha value is -2.94. The number of aromatic nitrogens is 1. The quantitative estimate of drug-likeness (QED) is 0.510. The van der Waals surface area contributed by atoms with Gasteiger partial charge in [0.2, 0.25) is 0 Å². The lowest BCUT2D eigenvalue weighted by Crippen LogP contribution is -2.03. The third kappa shape index (κ3) is 2.17. The molecule has 0 bridgehead atoms. The summed E-state index contributed by atoms with van der Waals surface area (Å²) < 4.78 is 6.00. The zero-order valence-corrected chi connectivity index (χ0v) is 12.2. The summed E-state index contributed by atoms with van der Waals surface area (Å²) in [6, 6.07) is 18.1. The topological polar surface area (TPSA) is 34.5 Å². The first kappa shape index (κ1) is 12.8. The van der Waals surface area contributed by atoms with E-state index in [4.69, 9.17) is 9.73 Å². The molecule has 3 heteroatoms. The lowest BCUT2D eigenvalue weighted by Gasteiger charge is -2.09. The van der Waals surface area contributed by atoms with E-state index < -0.39 is 0 Å². The van der Waals surface area contributed by atoms with Crippen LogP contribution in [0.25, 0.3) is 0 Å². The molecule has 1 aromatic heterocycles. The summed E-state index contributed by atoms with van der Waals surface area (Å²) in [5, 5.41) is 0. The Morgan fingerprint density at radius 1 is 0.864 bits per heavy atom. The van der Waals surface area contributed by atoms with Crippen molar-refractivity contribution < 1.29 is 4.74 Å². The molecule has 0 saturated carbocycles. The van der Waals surface area contributed by atoms with Crippen molar-refractivity contribution in [3.8, 4) is 11.5 Å². The summed E-state index contributed by atoms with van der Waals surface area (Å²) in [6.45, 7) is 2.08. The second kappa shape index (κ2) is 5.11. The fourth-order valence-corrected chi connectivity index (χ4v) is 2.52. The van der Waals surface area contributed by atoms with Gasteiger partial charge in [0.15, 0.2) is 11.5 Å². The molecule has 3 nitrogen and oxygen atoms in total. The molecule has 0 radical (unpaired) electrons. The van der Waals surface area contributed by atoms with E-state index in [1.165, 1.54) is 5.56 Å². The minimum atomic E-state index is 0.728. The molecule has 106 valence electrons. The highest BCUT2D eigenvalue weighted by molar-refractivity contribution is 6.16. The van der Waals surface area contributed by atoms with Crippen molar-refractivity contribution in [3.05, 3.63) is 83.7 Å². The lowest BCUT2D eigenvalue weighted by molar-refractivity contribution is 0.482. The smallest absolute Gasteiger partial charge is 0.155 e. The van der Waals surface area contributed by atoms with Crippen LogP contribution in [0, 0.1) is 6.92 Å². The van der Waals surface area contributed by atoms with Crippen molar-refractivity contribution in [3.63, 3.8) is 0 Å². The second-order valence-corrected chi connectivity index (χ2v) is 5.27. The van der Waals surface area contributed by atoms with Gasteiger partial charge in [-0.3, -0.25) is 4.98 Å². The van der Waals surface area contributed by atoms with Crippen LogP contribution in [0.2, 0.25) is 0 Å². The first-order valence-electron chi connectivity index (χ1n) is 7.18. The molecule has 0 amide bonds. The zero-order chi connectivity index (χ0) is 14.9. The highest BCUT2D eigenvalue weighted by Crippen LogP contribution is 2.37. The number of hydrogen-bond acceptors (Lipinski definition) is 3. The molecule has 1 aliphatic rings. The summed E-state index contributed by atoms with van der Waals surface area (Å²) in [7, 11) is 0. The number of para-hydroxylation sites is 2. The molecule has 0 unspecified atom stereocenters. The molecule has 22 heavy (non-hydrogen) atoms. The predicted molar refractivity (Wildman–Crippen MR) is 87.2 cm³/mol. The highest BCUT2D eigenvalue weighted by Gasteiger charge is 2.19. The number of fused-ring (bicyclic) bond motifs is 2. The Morgan fingerprint density at radius 2 is 1.68 bits per heavy atom. The van der Waals surface area contributed by atoms with Crippen LogP contribution >= 0.6 is 0 Å². The molecule has 0 saturated heterocycles. The van der Waals surface area contributed by atoms with Crippen molar-refractivity contribution in [1.29, 1.82) is 0 Å². The second-order valence-electron chi connectivity index (χ2n) is 5.27. The van der Waals surface area contributed by atoms with E-state index in [9.17, 15) is 0 Å². The molecule has 4 rings (SSSR count). The maximum Gasteiger partial charge on any atom is 0.155 e. The van der Waals surface area contributed by atoms with Gasteiger partial charge in [0.1, 0.15) is 5.69 Å². The predicted octanol–water partition coefficient (Wildman–Crippen LogP) is 4.66. The van der Waals surface area contributed by atoms with Crippen molar-refractivity contribution in [2.45, 2.75) is 6.92 Å². The van der Waals surface area contributed by atoms with Crippen LogP contribution < -0.4 is 4.74 Å². The Balaban J connectivity index is 1.98. The number of nitrogens with zero attached hydrogens (tertiary/aromatic N) is 2. The van der Waals surface area contributed by atoms with Crippen LogP contribution in [0.15, 0.2) is 72.0 Å². The molecule has 1 aliphatic heterocycles. The van der Waals surface area contributed by atoms with Gasteiger partial charge >= 0.3 is 0 Å². The first-order valence-corrected chi connectivity index (χ1v) is 7.18. The normalized spacial score (nSPS) is 12.5. The third-order valence-electron chi connectivity index (χ3n) is 3.68. The maximum absolute atomic E-state index is 6.00. The van der Waals surface area contributed by atoms with Crippen LogP contribution in [0.3, 0.4) is 0 Å². The van der Waals surface area contributed by atoms with Crippen LogP contribution in [-0.4, -0.2) is 10.7 Å². The number of rotatable bonds is 1. The van der Waals surface area contributed by atoms with Crippen LogP contribution in [0.4, 0.5) is 5.69 Å². The third-order valence-corrected chi connectivity index (χ3v) is 3.68. The molecule has 0 fully saturated rings. The van der Waals surface area contributed by atoms with Gasteiger partial charge < -0.3 is 4.74 Å². The Kier molecular flexibility index (Phi) is 2.97. The monoisotopic (exact) mass is 286 g/mol. The molecular formula is C19H14N2O. The van der Waals surface area contributed by atoms with Crippen molar-refractivity contribution in [2.75, 3.05) is 0 Å². The Morgan fingerprint density at radius 3 is 2.55 bits per heavy atom. The first-order chi connectivity index (χ1) is 10.8. The molecule has 2 aromatic carbocycles. The number of aliphatic imine (C=N–C) groups is 1. The van der Waals surface area contributed by atoms with E-state index in [2.05, 4.69) is 36.2 Å². The minimum absolute atomic E-state index is 0.728. The summed E-state index contributed by atoms with van der Waals surface area (Å²) in [4.78, 5) is 9.02. The standard InChI is InChI=1S/C19H14N2O/c1-13-6-8-14(9-7-13)19-15-10-11-20-12-18(15)22-17-5-3-2-4-16(17)21-19/h2-12H,1H3. The maximum atomic E-state index is 6.00. The number of pyridine rings is 1. The molecule has 0 N–H and O–H groups in total. The molecule has 0 atom stereocenters. The molecule has 0 spiro atoms.